The van der Waals surface area contributed by atoms with Crippen molar-refractivity contribution in [2.24, 2.45) is 11.8 Å². The summed E-state index contributed by atoms with van der Waals surface area (Å²) in [5.74, 6) is 0.855. The maximum Gasteiger partial charge on any atom is 0.191 e. The zero-order valence-corrected chi connectivity index (χ0v) is 17.5. The van der Waals surface area contributed by atoms with E-state index in [2.05, 4.69) is 33.9 Å². The second kappa shape index (κ2) is 7.26. The first-order valence-electron chi connectivity index (χ1n) is 9.82. The molecule has 1 aliphatic heterocycles. The van der Waals surface area contributed by atoms with Gasteiger partial charge in [-0.1, -0.05) is 26.3 Å². The molecule has 25 heavy (non-hydrogen) atoms. The van der Waals surface area contributed by atoms with Gasteiger partial charge in [0.15, 0.2) is 20.4 Å². The van der Waals surface area contributed by atoms with Gasteiger partial charge in [0.25, 0.3) is 0 Å². The van der Waals surface area contributed by atoms with E-state index in [0.29, 0.717) is 18.9 Å². The van der Waals surface area contributed by atoms with E-state index in [1.165, 1.54) is 12.0 Å². The minimum Gasteiger partial charge on any atom is -0.416 e. The molecule has 1 unspecified atom stereocenters. The monoisotopic (exact) mass is 366 g/mol. The lowest BCUT2D eigenvalue weighted by atomic mass is 9.93. The fraction of sp³-hybridized carbons (Fsp3) is 0.850. The van der Waals surface area contributed by atoms with Gasteiger partial charge in [0, 0.05) is 25.6 Å². The number of rotatable bonds is 5. The van der Waals surface area contributed by atoms with Crippen molar-refractivity contribution in [1.82, 2.24) is 0 Å². The van der Waals surface area contributed by atoms with Gasteiger partial charge in [-0.05, 0) is 55.8 Å². The van der Waals surface area contributed by atoms with Crippen LogP contribution in [0.3, 0.4) is 0 Å². The maximum absolute atomic E-state index is 11.9. The first-order chi connectivity index (χ1) is 11.7. The Morgan fingerprint density at radius 3 is 2.64 bits per heavy atom. The van der Waals surface area contributed by atoms with Crippen molar-refractivity contribution in [3.63, 3.8) is 0 Å². The van der Waals surface area contributed by atoms with E-state index in [0.717, 1.165) is 25.9 Å². The second-order valence-corrected chi connectivity index (χ2v) is 14.2. The quantitative estimate of drug-likeness (QED) is 0.674. The Kier molecular flexibility index (Phi) is 5.59. The Morgan fingerprint density at radius 1 is 1.24 bits per heavy atom. The number of ether oxygens (including phenoxy) is 2. The summed E-state index contributed by atoms with van der Waals surface area (Å²) in [6.07, 6.45) is 6.68. The van der Waals surface area contributed by atoms with Crippen molar-refractivity contribution in [2.45, 2.75) is 83.4 Å². The van der Waals surface area contributed by atoms with Crippen LogP contribution < -0.4 is 0 Å². The first-order valence-corrected chi connectivity index (χ1v) is 12.7. The van der Waals surface area contributed by atoms with E-state index >= 15 is 0 Å². The fourth-order valence-electron chi connectivity index (χ4n) is 3.91. The molecule has 4 atom stereocenters. The standard InChI is InChI=1S/C20H34O4Si/c1-20(2,3)25(4,5)23-13-17-16-12-15(21)10-14(16)11-18(17)24-19-8-6-7-9-22-19/h10,16-19H,6-9,11-13H2,1-5H3/t16-,17+,18+,19?/m0/s1. The molecule has 3 aliphatic rings. The SMILES string of the molecule is CC(C)(C)[Si](C)(C)OC[C@H]1[C@H](OC2CCCCO2)CC2=CC(=O)C[C@@H]21. The molecule has 0 N–H and O–H groups in total. The number of allylic oxidation sites excluding steroid dienone is 1. The molecule has 3 rings (SSSR count). The molecule has 2 fully saturated rings. The lowest BCUT2D eigenvalue weighted by Crippen LogP contribution is -2.44. The Balaban J connectivity index is 1.68. The topological polar surface area (TPSA) is 44.8 Å². The average molecular weight is 367 g/mol. The van der Waals surface area contributed by atoms with Crippen LogP contribution in [0.2, 0.25) is 18.1 Å². The van der Waals surface area contributed by atoms with Gasteiger partial charge in [-0.3, -0.25) is 4.79 Å². The number of hydrogen-bond acceptors (Lipinski definition) is 4. The third-order valence-corrected chi connectivity index (χ3v) is 11.1. The van der Waals surface area contributed by atoms with E-state index in [4.69, 9.17) is 13.9 Å². The number of hydrogen-bond donors (Lipinski definition) is 0. The molecule has 1 saturated carbocycles. The highest BCUT2D eigenvalue weighted by atomic mass is 28.4. The lowest BCUT2D eigenvalue weighted by Gasteiger charge is -2.38. The van der Waals surface area contributed by atoms with Gasteiger partial charge in [-0.2, -0.15) is 0 Å². The van der Waals surface area contributed by atoms with Gasteiger partial charge >= 0.3 is 0 Å². The van der Waals surface area contributed by atoms with Crippen LogP contribution in [-0.2, 0) is 18.7 Å². The van der Waals surface area contributed by atoms with Crippen molar-refractivity contribution < 1.29 is 18.7 Å². The van der Waals surface area contributed by atoms with Gasteiger partial charge in [0.1, 0.15) is 0 Å². The van der Waals surface area contributed by atoms with Crippen LogP contribution in [0.25, 0.3) is 0 Å². The van der Waals surface area contributed by atoms with Gasteiger partial charge in [0.2, 0.25) is 0 Å². The Bertz CT molecular complexity index is 528. The van der Waals surface area contributed by atoms with Gasteiger partial charge in [0.05, 0.1) is 6.10 Å². The number of carbonyl (C=O) groups excluding carboxylic acids is 1. The number of fused-ring (bicyclic) bond motifs is 1. The molecule has 5 heteroatoms. The minimum absolute atomic E-state index is 0.0794. The minimum atomic E-state index is -1.81. The van der Waals surface area contributed by atoms with E-state index < -0.39 is 8.32 Å². The van der Waals surface area contributed by atoms with Crippen LogP contribution >= 0.6 is 0 Å². The summed E-state index contributed by atoms with van der Waals surface area (Å²) in [5, 5.41) is 0.193. The van der Waals surface area contributed by atoms with Gasteiger partial charge in [-0.25, -0.2) is 0 Å². The zero-order valence-electron chi connectivity index (χ0n) is 16.5. The van der Waals surface area contributed by atoms with Crippen molar-refractivity contribution in [2.75, 3.05) is 13.2 Å². The van der Waals surface area contributed by atoms with Gasteiger partial charge < -0.3 is 13.9 Å². The Hall–Kier alpha value is -0.493. The first kappa shape index (κ1) is 19.3. The van der Waals surface area contributed by atoms with Gasteiger partial charge in [-0.15, -0.1) is 0 Å². The average Bonchev–Trinajstić information content (AvgIpc) is 3.01. The molecule has 0 spiro atoms. The lowest BCUT2D eigenvalue weighted by molar-refractivity contribution is -0.197. The predicted molar refractivity (Wildman–Crippen MR) is 101 cm³/mol. The molecule has 4 nitrogen and oxygen atoms in total. The van der Waals surface area contributed by atoms with Crippen LogP contribution in [0.5, 0.6) is 0 Å². The predicted octanol–water partition coefficient (Wildman–Crippen LogP) is 4.46. The Morgan fingerprint density at radius 2 is 2.00 bits per heavy atom. The normalized spacial score (nSPS) is 33.5. The van der Waals surface area contributed by atoms with Crippen molar-refractivity contribution in [3.8, 4) is 0 Å². The summed E-state index contributed by atoms with van der Waals surface area (Å²) < 4.78 is 18.7. The van der Waals surface area contributed by atoms with Crippen LogP contribution in [0.1, 0.15) is 52.9 Å². The smallest absolute Gasteiger partial charge is 0.191 e. The number of carbonyl (C=O) groups is 1. The molecular formula is C20H34O4Si. The highest BCUT2D eigenvalue weighted by molar-refractivity contribution is 6.74. The molecule has 1 saturated heterocycles. The third kappa shape index (κ3) is 4.26. The van der Waals surface area contributed by atoms with E-state index in [1.54, 1.807) is 0 Å². The van der Waals surface area contributed by atoms with E-state index in [-0.39, 0.29) is 29.1 Å². The summed E-state index contributed by atoms with van der Waals surface area (Å²) in [6, 6.07) is 0. The molecule has 0 bridgehead atoms. The molecule has 0 radical (unpaired) electrons. The van der Waals surface area contributed by atoms with E-state index in [9.17, 15) is 4.79 Å². The van der Waals surface area contributed by atoms with E-state index in [1.807, 2.05) is 6.08 Å². The summed E-state index contributed by atoms with van der Waals surface area (Å²) in [6.45, 7) is 12.9. The molecule has 2 aliphatic carbocycles. The second-order valence-electron chi connectivity index (χ2n) is 9.41. The van der Waals surface area contributed by atoms with Crippen LogP contribution in [-0.4, -0.2) is 39.7 Å². The molecule has 1 heterocycles. The molecule has 0 aromatic heterocycles. The van der Waals surface area contributed by atoms with Crippen molar-refractivity contribution in [1.29, 1.82) is 0 Å². The fourth-order valence-corrected chi connectivity index (χ4v) is 4.95. The molecule has 0 aromatic rings. The van der Waals surface area contributed by atoms with Crippen LogP contribution in [0.4, 0.5) is 0 Å². The maximum atomic E-state index is 11.9. The third-order valence-electron chi connectivity index (χ3n) is 6.58. The molecular weight excluding hydrogens is 332 g/mol. The molecule has 0 aromatic carbocycles. The zero-order chi connectivity index (χ0) is 18.2. The Labute approximate surface area is 153 Å². The van der Waals surface area contributed by atoms with Crippen LogP contribution in [0, 0.1) is 11.8 Å². The summed E-state index contributed by atoms with van der Waals surface area (Å²) in [7, 11) is -1.81. The molecule has 142 valence electrons. The summed E-state index contributed by atoms with van der Waals surface area (Å²) in [5.41, 5.74) is 1.27. The summed E-state index contributed by atoms with van der Waals surface area (Å²) >= 11 is 0. The largest absolute Gasteiger partial charge is 0.416 e. The summed E-state index contributed by atoms with van der Waals surface area (Å²) in [4.78, 5) is 11.9. The van der Waals surface area contributed by atoms with Crippen molar-refractivity contribution in [3.05, 3.63) is 11.6 Å². The van der Waals surface area contributed by atoms with Crippen LogP contribution in [0.15, 0.2) is 11.6 Å². The molecule has 0 amide bonds. The number of ketones is 1. The van der Waals surface area contributed by atoms with Crippen molar-refractivity contribution >= 4 is 14.1 Å². The highest BCUT2D eigenvalue weighted by Gasteiger charge is 2.47. The highest BCUT2D eigenvalue weighted by Crippen LogP contribution is 2.46.